The Balaban J connectivity index is 2.13. The first-order chi connectivity index (χ1) is 6.68. The van der Waals surface area contributed by atoms with E-state index < -0.39 is 0 Å². The molecule has 1 aromatic heterocycles. The molecule has 0 spiro atoms. The predicted molar refractivity (Wildman–Crippen MR) is 51.1 cm³/mol. The molecule has 0 N–H and O–H groups in total. The van der Waals surface area contributed by atoms with Gasteiger partial charge < -0.3 is 9.30 Å². The number of aromatic nitrogens is 2. The lowest BCUT2D eigenvalue weighted by molar-refractivity contribution is 0.0865. The van der Waals surface area contributed by atoms with Gasteiger partial charge in [-0.05, 0) is 13.3 Å². The molecule has 1 fully saturated rings. The van der Waals surface area contributed by atoms with Gasteiger partial charge in [0.1, 0.15) is 0 Å². The second-order valence-electron chi connectivity index (χ2n) is 3.80. The number of carbonyl (C=O) groups is 1. The van der Waals surface area contributed by atoms with Crippen LogP contribution < -0.4 is 0 Å². The Hall–Kier alpha value is -1.16. The van der Waals surface area contributed by atoms with Crippen molar-refractivity contribution in [1.29, 1.82) is 0 Å². The zero-order valence-corrected chi connectivity index (χ0v) is 8.43. The minimum Gasteiger partial charge on any atom is -0.378 e. The molecule has 0 bridgehead atoms. The van der Waals surface area contributed by atoms with Gasteiger partial charge in [0.25, 0.3) is 0 Å². The molecule has 0 radical (unpaired) electrons. The SMILES string of the molecule is CC1CC(C(=O)c2nccn2C)CO1. The van der Waals surface area contributed by atoms with Gasteiger partial charge in [-0.25, -0.2) is 4.98 Å². The van der Waals surface area contributed by atoms with Crippen molar-refractivity contribution in [2.75, 3.05) is 6.61 Å². The maximum Gasteiger partial charge on any atom is 0.203 e. The fraction of sp³-hybridized carbons (Fsp3) is 0.600. The minimum atomic E-state index is -0.00824. The van der Waals surface area contributed by atoms with Crippen LogP contribution in [0, 0.1) is 5.92 Å². The Kier molecular flexibility index (Phi) is 2.37. The maximum absolute atomic E-state index is 11.9. The summed E-state index contributed by atoms with van der Waals surface area (Å²) in [5.41, 5.74) is 0. The third kappa shape index (κ3) is 1.57. The molecule has 0 amide bonds. The molecule has 14 heavy (non-hydrogen) atoms. The summed E-state index contributed by atoms with van der Waals surface area (Å²) in [6.45, 7) is 2.53. The molecule has 2 atom stereocenters. The number of carbonyl (C=O) groups excluding carboxylic acids is 1. The zero-order chi connectivity index (χ0) is 10.1. The topological polar surface area (TPSA) is 44.1 Å². The van der Waals surface area contributed by atoms with Crippen molar-refractivity contribution in [3.05, 3.63) is 18.2 Å². The average Bonchev–Trinajstić information content (AvgIpc) is 2.73. The van der Waals surface area contributed by atoms with Gasteiger partial charge >= 0.3 is 0 Å². The van der Waals surface area contributed by atoms with E-state index in [0.717, 1.165) is 6.42 Å². The fourth-order valence-electron chi connectivity index (χ4n) is 1.79. The second-order valence-corrected chi connectivity index (χ2v) is 3.80. The Bertz CT molecular complexity index is 346. The first kappa shape index (κ1) is 9.40. The van der Waals surface area contributed by atoms with Crippen molar-refractivity contribution in [3.63, 3.8) is 0 Å². The van der Waals surface area contributed by atoms with Crippen LogP contribution in [0.25, 0.3) is 0 Å². The van der Waals surface area contributed by atoms with Gasteiger partial charge in [0.2, 0.25) is 5.78 Å². The summed E-state index contributed by atoms with van der Waals surface area (Å²) in [7, 11) is 1.83. The van der Waals surface area contributed by atoms with E-state index in [1.165, 1.54) is 0 Å². The Labute approximate surface area is 82.9 Å². The molecule has 4 heteroatoms. The van der Waals surface area contributed by atoms with Crippen LogP contribution in [0.15, 0.2) is 12.4 Å². The van der Waals surface area contributed by atoms with Gasteiger partial charge in [0.15, 0.2) is 5.82 Å². The predicted octanol–water partition coefficient (Wildman–Crippen LogP) is 1.03. The van der Waals surface area contributed by atoms with E-state index >= 15 is 0 Å². The molecule has 1 saturated heterocycles. The molecule has 1 aliphatic heterocycles. The molecule has 1 aliphatic rings. The van der Waals surface area contributed by atoms with Crippen molar-refractivity contribution in [3.8, 4) is 0 Å². The summed E-state index contributed by atoms with van der Waals surface area (Å²) >= 11 is 0. The number of ether oxygens (including phenoxy) is 1. The maximum atomic E-state index is 11.9. The van der Waals surface area contributed by atoms with Crippen LogP contribution in [0.5, 0.6) is 0 Å². The van der Waals surface area contributed by atoms with E-state index in [1.54, 1.807) is 17.0 Å². The minimum absolute atomic E-state index is 0.00824. The first-order valence-electron chi connectivity index (χ1n) is 4.81. The molecule has 76 valence electrons. The lowest BCUT2D eigenvalue weighted by Crippen LogP contribution is -2.18. The monoisotopic (exact) mass is 194 g/mol. The van der Waals surface area contributed by atoms with Crippen LogP contribution >= 0.6 is 0 Å². The van der Waals surface area contributed by atoms with Crippen molar-refractivity contribution < 1.29 is 9.53 Å². The van der Waals surface area contributed by atoms with E-state index in [-0.39, 0.29) is 17.8 Å². The number of imidazole rings is 1. The molecule has 2 unspecified atom stereocenters. The highest BCUT2D eigenvalue weighted by Crippen LogP contribution is 2.22. The number of rotatable bonds is 2. The van der Waals surface area contributed by atoms with Crippen LogP contribution in [0.1, 0.15) is 24.0 Å². The highest BCUT2D eigenvalue weighted by Gasteiger charge is 2.30. The standard InChI is InChI=1S/C10H14N2O2/c1-7-5-8(6-14-7)9(13)10-11-3-4-12(10)2/h3-4,7-8H,5-6H2,1-2H3. The van der Waals surface area contributed by atoms with Crippen LogP contribution in [-0.4, -0.2) is 28.0 Å². The molecule has 0 aromatic carbocycles. The van der Waals surface area contributed by atoms with Crippen LogP contribution in [-0.2, 0) is 11.8 Å². The first-order valence-corrected chi connectivity index (χ1v) is 4.81. The van der Waals surface area contributed by atoms with Gasteiger partial charge in [-0.15, -0.1) is 0 Å². The number of nitrogens with zero attached hydrogens (tertiary/aromatic N) is 2. The Morgan fingerprint density at radius 2 is 2.50 bits per heavy atom. The van der Waals surface area contributed by atoms with E-state index in [9.17, 15) is 4.79 Å². The third-order valence-corrected chi connectivity index (χ3v) is 2.61. The second kappa shape index (κ2) is 3.53. The smallest absolute Gasteiger partial charge is 0.203 e. The number of ketones is 1. The van der Waals surface area contributed by atoms with Crippen LogP contribution in [0.4, 0.5) is 0 Å². The van der Waals surface area contributed by atoms with Gasteiger partial charge in [0.05, 0.1) is 18.6 Å². The molecule has 0 aliphatic carbocycles. The molecule has 0 saturated carbocycles. The lowest BCUT2D eigenvalue weighted by atomic mass is 10.0. The molecule has 1 aromatic rings. The van der Waals surface area contributed by atoms with Crippen LogP contribution in [0.3, 0.4) is 0 Å². The van der Waals surface area contributed by atoms with Crippen molar-refractivity contribution in [2.24, 2.45) is 13.0 Å². The highest BCUT2D eigenvalue weighted by molar-refractivity contribution is 5.95. The summed E-state index contributed by atoms with van der Waals surface area (Å²) in [5, 5.41) is 0. The molecule has 2 heterocycles. The van der Waals surface area contributed by atoms with Gasteiger partial charge in [0, 0.05) is 19.4 Å². The van der Waals surface area contributed by atoms with Gasteiger partial charge in [-0.3, -0.25) is 4.79 Å². The van der Waals surface area contributed by atoms with Gasteiger partial charge in [-0.2, -0.15) is 0 Å². The van der Waals surface area contributed by atoms with Gasteiger partial charge in [-0.1, -0.05) is 0 Å². The summed E-state index contributed by atoms with van der Waals surface area (Å²) in [6.07, 6.45) is 4.44. The quantitative estimate of drug-likeness (QED) is 0.660. The Morgan fingerprint density at radius 1 is 1.71 bits per heavy atom. The van der Waals surface area contributed by atoms with Crippen molar-refractivity contribution >= 4 is 5.78 Å². The summed E-state index contributed by atoms with van der Waals surface area (Å²) in [4.78, 5) is 16.0. The fourth-order valence-corrected chi connectivity index (χ4v) is 1.79. The molecule has 2 rings (SSSR count). The van der Waals surface area contributed by atoms with Crippen molar-refractivity contribution in [1.82, 2.24) is 9.55 Å². The third-order valence-electron chi connectivity index (χ3n) is 2.61. The normalized spacial score (nSPS) is 26.7. The van der Waals surface area contributed by atoms with E-state index in [4.69, 9.17) is 4.74 Å². The highest BCUT2D eigenvalue weighted by atomic mass is 16.5. The number of hydrogen-bond donors (Lipinski definition) is 0. The largest absolute Gasteiger partial charge is 0.378 e. The van der Waals surface area contributed by atoms with Crippen LogP contribution in [0.2, 0.25) is 0 Å². The zero-order valence-electron chi connectivity index (χ0n) is 8.43. The summed E-state index contributed by atoms with van der Waals surface area (Å²) < 4.78 is 7.12. The van der Waals surface area contributed by atoms with E-state index in [1.807, 2.05) is 14.0 Å². The van der Waals surface area contributed by atoms with E-state index in [0.29, 0.717) is 12.4 Å². The molecular weight excluding hydrogens is 180 g/mol. The van der Waals surface area contributed by atoms with E-state index in [2.05, 4.69) is 4.98 Å². The number of aryl methyl sites for hydroxylation is 1. The molecular formula is C10H14N2O2. The Morgan fingerprint density at radius 3 is 3.00 bits per heavy atom. The number of Topliss-reactive ketones (excluding diaryl/α,β-unsaturated/α-hetero) is 1. The summed E-state index contributed by atoms with van der Waals surface area (Å²) in [6, 6.07) is 0. The number of hydrogen-bond acceptors (Lipinski definition) is 3. The van der Waals surface area contributed by atoms with Crippen molar-refractivity contribution in [2.45, 2.75) is 19.4 Å². The molecule has 4 nitrogen and oxygen atoms in total. The summed E-state index contributed by atoms with van der Waals surface area (Å²) in [5.74, 6) is 0.626. The lowest BCUT2D eigenvalue weighted by Gasteiger charge is -2.05. The average molecular weight is 194 g/mol.